The second-order valence-corrected chi connectivity index (χ2v) is 5.75. The van der Waals surface area contributed by atoms with Crippen molar-refractivity contribution in [3.63, 3.8) is 0 Å². The predicted octanol–water partition coefficient (Wildman–Crippen LogP) is 2.11. The van der Waals surface area contributed by atoms with Crippen molar-refractivity contribution in [2.45, 2.75) is 19.4 Å². The topological polar surface area (TPSA) is 78.9 Å². The molecule has 6 nitrogen and oxygen atoms in total. The van der Waals surface area contributed by atoms with E-state index in [4.69, 9.17) is 10.5 Å². The lowest BCUT2D eigenvalue weighted by Gasteiger charge is -2.08. The number of tetrazole rings is 1. The molecule has 2 aromatic rings. The average molecular weight is 338 g/mol. The first-order valence-electron chi connectivity index (χ1n) is 6.64. The Morgan fingerprint density at radius 1 is 1.40 bits per heavy atom. The number of halogens is 1. The van der Waals surface area contributed by atoms with Gasteiger partial charge < -0.3 is 10.5 Å². The summed E-state index contributed by atoms with van der Waals surface area (Å²) >= 11 is 3.48. The van der Waals surface area contributed by atoms with Crippen LogP contribution < -0.4 is 5.73 Å². The molecule has 3 rings (SSSR count). The number of ether oxygens (including phenoxy) is 1. The van der Waals surface area contributed by atoms with Crippen LogP contribution in [0.3, 0.4) is 0 Å². The summed E-state index contributed by atoms with van der Waals surface area (Å²) in [7, 11) is 0. The highest BCUT2D eigenvalue weighted by molar-refractivity contribution is 9.10. The van der Waals surface area contributed by atoms with E-state index in [2.05, 4.69) is 31.5 Å². The van der Waals surface area contributed by atoms with E-state index in [-0.39, 0.29) is 0 Å². The van der Waals surface area contributed by atoms with Crippen LogP contribution in [-0.4, -0.2) is 33.4 Å². The van der Waals surface area contributed by atoms with Crippen LogP contribution >= 0.6 is 15.9 Å². The molecule has 20 heavy (non-hydrogen) atoms. The van der Waals surface area contributed by atoms with E-state index in [1.54, 1.807) is 4.68 Å². The number of hydrogen-bond acceptors (Lipinski definition) is 5. The van der Waals surface area contributed by atoms with E-state index < -0.39 is 0 Å². The Kier molecular flexibility index (Phi) is 3.98. The molecule has 0 amide bonds. The van der Waals surface area contributed by atoms with Crippen molar-refractivity contribution in [2.24, 2.45) is 5.92 Å². The Hall–Kier alpha value is -1.47. The molecule has 0 aliphatic heterocycles. The number of nitrogen functional groups attached to an aromatic ring is 1. The Labute approximate surface area is 125 Å². The zero-order chi connectivity index (χ0) is 13.9. The lowest BCUT2D eigenvalue weighted by molar-refractivity contribution is 0.114. The standard InChI is InChI=1S/C13H16BrN5O/c14-12-10(2-1-3-11(12)15)13-16-17-18-19(13)6-7-20-8-9-4-5-9/h1-3,9H,4-8,15H2. The predicted molar refractivity (Wildman–Crippen MR) is 78.9 cm³/mol. The number of nitrogens with two attached hydrogens (primary N) is 1. The molecule has 7 heteroatoms. The van der Waals surface area contributed by atoms with Gasteiger partial charge in [0.05, 0.1) is 17.6 Å². The average Bonchev–Trinajstić information content (AvgIpc) is 3.16. The summed E-state index contributed by atoms with van der Waals surface area (Å²) in [5.74, 6) is 1.46. The van der Waals surface area contributed by atoms with E-state index in [1.807, 2.05) is 18.2 Å². The number of hydrogen-bond donors (Lipinski definition) is 1. The Balaban J connectivity index is 1.70. The van der Waals surface area contributed by atoms with Crippen LogP contribution in [0.1, 0.15) is 12.8 Å². The highest BCUT2D eigenvalue weighted by Crippen LogP contribution is 2.31. The van der Waals surface area contributed by atoms with Crippen molar-refractivity contribution in [1.29, 1.82) is 0 Å². The molecule has 0 radical (unpaired) electrons. The Morgan fingerprint density at radius 3 is 3.05 bits per heavy atom. The van der Waals surface area contributed by atoms with Gasteiger partial charge in [0, 0.05) is 17.9 Å². The van der Waals surface area contributed by atoms with Gasteiger partial charge in [-0.2, -0.15) is 0 Å². The summed E-state index contributed by atoms with van der Waals surface area (Å²) in [5, 5.41) is 11.8. The molecule has 1 aliphatic carbocycles. The quantitative estimate of drug-likeness (QED) is 0.645. The number of rotatable bonds is 6. The summed E-state index contributed by atoms with van der Waals surface area (Å²) in [6.45, 7) is 2.10. The molecule has 1 heterocycles. The largest absolute Gasteiger partial charge is 0.398 e. The van der Waals surface area contributed by atoms with Gasteiger partial charge in [0.25, 0.3) is 0 Å². The molecule has 2 N–H and O–H groups in total. The zero-order valence-electron chi connectivity index (χ0n) is 11.0. The Bertz CT molecular complexity index is 596. The molecule has 0 atom stereocenters. The van der Waals surface area contributed by atoms with Gasteiger partial charge in [-0.1, -0.05) is 6.07 Å². The van der Waals surface area contributed by atoms with Crippen molar-refractivity contribution in [3.05, 3.63) is 22.7 Å². The van der Waals surface area contributed by atoms with Gasteiger partial charge in [0.15, 0.2) is 5.82 Å². The lowest BCUT2D eigenvalue weighted by atomic mass is 10.2. The second kappa shape index (κ2) is 5.88. The van der Waals surface area contributed by atoms with Gasteiger partial charge in [-0.25, -0.2) is 4.68 Å². The Morgan fingerprint density at radius 2 is 2.25 bits per heavy atom. The maximum Gasteiger partial charge on any atom is 0.183 e. The second-order valence-electron chi connectivity index (χ2n) is 4.95. The van der Waals surface area contributed by atoms with Crippen LogP contribution in [0.4, 0.5) is 5.69 Å². The van der Waals surface area contributed by atoms with Crippen molar-refractivity contribution < 1.29 is 4.74 Å². The number of aromatic nitrogens is 4. The molecule has 1 aromatic heterocycles. The van der Waals surface area contributed by atoms with Crippen molar-refractivity contribution >= 4 is 21.6 Å². The summed E-state index contributed by atoms with van der Waals surface area (Å²) in [6.07, 6.45) is 2.60. The highest BCUT2D eigenvalue weighted by atomic mass is 79.9. The first kappa shape index (κ1) is 13.5. The van der Waals surface area contributed by atoms with E-state index in [0.717, 1.165) is 22.6 Å². The molecule has 0 spiro atoms. The third kappa shape index (κ3) is 2.99. The van der Waals surface area contributed by atoms with Crippen LogP contribution in [0.2, 0.25) is 0 Å². The number of anilines is 1. The molecule has 1 aliphatic rings. The van der Waals surface area contributed by atoms with Gasteiger partial charge in [-0.3, -0.25) is 0 Å². The summed E-state index contributed by atoms with van der Waals surface area (Å²) in [4.78, 5) is 0. The highest BCUT2D eigenvalue weighted by Gasteiger charge is 2.21. The van der Waals surface area contributed by atoms with E-state index in [9.17, 15) is 0 Å². The van der Waals surface area contributed by atoms with E-state index in [1.165, 1.54) is 12.8 Å². The first-order valence-corrected chi connectivity index (χ1v) is 7.43. The van der Waals surface area contributed by atoms with Crippen molar-refractivity contribution in [3.8, 4) is 11.4 Å². The lowest BCUT2D eigenvalue weighted by Crippen LogP contribution is -2.10. The molecule has 0 unspecified atom stereocenters. The third-order valence-corrected chi connectivity index (χ3v) is 4.18. The molecule has 1 saturated carbocycles. The first-order chi connectivity index (χ1) is 9.75. The van der Waals surface area contributed by atoms with Crippen LogP contribution in [0, 0.1) is 5.92 Å². The summed E-state index contributed by atoms with van der Waals surface area (Å²) < 4.78 is 8.18. The maximum atomic E-state index is 5.89. The van der Waals surface area contributed by atoms with Gasteiger partial charge >= 0.3 is 0 Å². The maximum absolute atomic E-state index is 5.89. The molecular weight excluding hydrogens is 322 g/mol. The normalized spacial score (nSPS) is 14.7. The SMILES string of the molecule is Nc1cccc(-c2nnnn2CCOCC2CC2)c1Br. The minimum absolute atomic E-state index is 0.620. The molecule has 106 valence electrons. The molecular formula is C13H16BrN5O. The van der Waals surface area contributed by atoms with Crippen LogP contribution in [0.15, 0.2) is 22.7 Å². The van der Waals surface area contributed by atoms with Crippen LogP contribution in [-0.2, 0) is 11.3 Å². The van der Waals surface area contributed by atoms with E-state index >= 15 is 0 Å². The van der Waals surface area contributed by atoms with Gasteiger partial charge in [0.1, 0.15) is 0 Å². The van der Waals surface area contributed by atoms with Gasteiger partial charge in [0.2, 0.25) is 0 Å². The minimum atomic E-state index is 0.620. The van der Waals surface area contributed by atoms with Crippen molar-refractivity contribution in [2.75, 3.05) is 18.9 Å². The fourth-order valence-corrected chi connectivity index (χ4v) is 2.40. The van der Waals surface area contributed by atoms with Crippen LogP contribution in [0.5, 0.6) is 0 Å². The number of benzene rings is 1. The summed E-state index contributed by atoms with van der Waals surface area (Å²) in [5.41, 5.74) is 7.44. The third-order valence-electron chi connectivity index (χ3n) is 3.30. The monoisotopic (exact) mass is 337 g/mol. The fraction of sp³-hybridized carbons (Fsp3) is 0.462. The fourth-order valence-electron chi connectivity index (χ4n) is 1.96. The van der Waals surface area contributed by atoms with Crippen LogP contribution in [0.25, 0.3) is 11.4 Å². The molecule has 0 bridgehead atoms. The van der Waals surface area contributed by atoms with Crippen molar-refractivity contribution in [1.82, 2.24) is 20.2 Å². The zero-order valence-corrected chi connectivity index (χ0v) is 12.6. The van der Waals surface area contributed by atoms with Gasteiger partial charge in [-0.05, 0) is 57.2 Å². The molecule has 1 aromatic carbocycles. The van der Waals surface area contributed by atoms with Gasteiger partial charge in [-0.15, -0.1) is 5.10 Å². The molecule has 1 fully saturated rings. The van der Waals surface area contributed by atoms with E-state index in [0.29, 0.717) is 24.7 Å². The number of nitrogens with zero attached hydrogens (tertiary/aromatic N) is 4. The summed E-state index contributed by atoms with van der Waals surface area (Å²) in [6, 6.07) is 5.66. The smallest absolute Gasteiger partial charge is 0.183 e. The minimum Gasteiger partial charge on any atom is -0.398 e. The molecule has 0 saturated heterocycles.